The molecule has 0 aliphatic rings. The quantitative estimate of drug-likeness (QED) is 0.628. The summed E-state index contributed by atoms with van der Waals surface area (Å²) in [7, 11) is 0. The van der Waals surface area contributed by atoms with E-state index < -0.39 is 5.97 Å². The first-order chi connectivity index (χ1) is 12.5. The number of thiazole rings is 1. The minimum Gasteiger partial charge on any atom is -0.494 e. The van der Waals surface area contributed by atoms with Crippen LogP contribution in [-0.2, 0) is 11.2 Å². The highest BCUT2D eigenvalue weighted by molar-refractivity contribution is 7.16. The number of rotatable bonds is 7. The molecule has 134 valence electrons. The molecular formula is C19H17FN2O3S. The largest absolute Gasteiger partial charge is 0.494 e. The average Bonchev–Trinajstić information content (AvgIpc) is 2.99. The van der Waals surface area contributed by atoms with Crippen molar-refractivity contribution in [3.63, 3.8) is 0 Å². The predicted molar refractivity (Wildman–Crippen MR) is 99.7 cm³/mol. The van der Waals surface area contributed by atoms with Crippen molar-refractivity contribution in [3.05, 3.63) is 59.2 Å². The van der Waals surface area contributed by atoms with Gasteiger partial charge in [0.15, 0.2) is 5.13 Å². The Hall–Kier alpha value is -2.93. The van der Waals surface area contributed by atoms with Gasteiger partial charge in [-0.2, -0.15) is 0 Å². The van der Waals surface area contributed by atoms with Gasteiger partial charge in [0.25, 0.3) is 0 Å². The Morgan fingerprint density at radius 1 is 1.19 bits per heavy atom. The van der Waals surface area contributed by atoms with Crippen molar-refractivity contribution in [2.75, 3.05) is 11.9 Å². The monoisotopic (exact) mass is 372 g/mol. The number of aliphatic carboxylic acids is 1. The number of carboxylic acid groups (broad SMARTS) is 1. The van der Waals surface area contributed by atoms with E-state index in [1.807, 2.05) is 31.2 Å². The van der Waals surface area contributed by atoms with E-state index in [0.29, 0.717) is 27.9 Å². The first-order valence-corrected chi connectivity index (χ1v) is 8.84. The molecule has 5 nitrogen and oxygen atoms in total. The van der Waals surface area contributed by atoms with Crippen LogP contribution in [0, 0.1) is 5.82 Å². The van der Waals surface area contributed by atoms with Gasteiger partial charge in [-0.05, 0) is 55.5 Å². The van der Waals surface area contributed by atoms with Crippen LogP contribution in [0.15, 0.2) is 48.5 Å². The van der Waals surface area contributed by atoms with E-state index >= 15 is 0 Å². The smallest absolute Gasteiger partial charge is 0.308 e. The van der Waals surface area contributed by atoms with Gasteiger partial charge < -0.3 is 15.2 Å². The number of carbonyl (C=O) groups is 1. The molecule has 0 spiro atoms. The molecule has 7 heteroatoms. The second-order valence-corrected chi connectivity index (χ2v) is 6.53. The van der Waals surface area contributed by atoms with Crippen LogP contribution in [0.5, 0.6) is 5.75 Å². The summed E-state index contributed by atoms with van der Waals surface area (Å²) in [6.07, 6.45) is -0.144. The fourth-order valence-electron chi connectivity index (χ4n) is 2.42. The van der Waals surface area contributed by atoms with Gasteiger partial charge in [-0.1, -0.05) is 0 Å². The molecule has 0 fully saturated rings. The second-order valence-electron chi connectivity index (χ2n) is 5.45. The van der Waals surface area contributed by atoms with Crippen molar-refractivity contribution in [3.8, 4) is 17.0 Å². The van der Waals surface area contributed by atoms with Gasteiger partial charge in [0.05, 0.1) is 18.7 Å². The van der Waals surface area contributed by atoms with E-state index in [1.54, 1.807) is 12.1 Å². The Labute approximate surface area is 154 Å². The van der Waals surface area contributed by atoms with Gasteiger partial charge in [-0.15, -0.1) is 11.3 Å². The van der Waals surface area contributed by atoms with Gasteiger partial charge >= 0.3 is 5.97 Å². The molecular weight excluding hydrogens is 355 g/mol. The summed E-state index contributed by atoms with van der Waals surface area (Å²) in [5.41, 5.74) is 2.04. The standard InChI is InChI=1S/C19H17FN2O3S/c1-2-25-15-9-7-14(8-10-15)21-19-22-18(16(26-19)11-17(23)24)12-3-5-13(20)6-4-12/h3-10H,2,11H2,1H3,(H,21,22)(H,23,24). The normalized spacial score (nSPS) is 10.5. The summed E-state index contributed by atoms with van der Waals surface area (Å²) >= 11 is 1.27. The number of nitrogens with zero attached hydrogens (tertiary/aromatic N) is 1. The van der Waals surface area contributed by atoms with Crippen LogP contribution < -0.4 is 10.1 Å². The molecule has 0 unspecified atom stereocenters. The lowest BCUT2D eigenvalue weighted by molar-refractivity contribution is -0.136. The van der Waals surface area contributed by atoms with Crippen LogP contribution in [0.3, 0.4) is 0 Å². The first-order valence-electron chi connectivity index (χ1n) is 8.02. The fraction of sp³-hybridized carbons (Fsp3) is 0.158. The van der Waals surface area contributed by atoms with Crippen LogP contribution in [-0.4, -0.2) is 22.7 Å². The van der Waals surface area contributed by atoms with Crippen molar-refractivity contribution in [1.29, 1.82) is 0 Å². The van der Waals surface area contributed by atoms with Crippen LogP contribution in [0.2, 0.25) is 0 Å². The SMILES string of the molecule is CCOc1ccc(Nc2nc(-c3ccc(F)cc3)c(CC(=O)O)s2)cc1. The topological polar surface area (TPSA) is 71.5 Å². The number of benzene rings is 2. The Balaban J connectivity index is 1.87. The summed E-state index contributed by atoms with van der Waals surface area (Å²) < 4.78 is 18.6. The predicted octanol–water partition coefficient (Wildman–Crippen LogP) is 4.72. The maximum Gasteiger partial charge on any atom is 0.308 e. The highest BCUT2D eigenvalue weighted by atomic mass is 32.1. The van der Waals surface area contributed by atoms with Gasteiger partial charge in [-0.25, -0.2) is 9.37 Å². The molecule has 0 radical (unpaired) electrons. The lowest BCUT2D eigenvalue weighted by Crippen LogP contribution is -1.99. The lowest BCUT2D eigenvalue weighted by Gasteiger charge is -2.05. The molecule has 0 saturated carbocycles. The van der Waals surface area contributed by atoms with E-state index in [4.69, 9.17) is 9.84 Å². The van der Waals surface area contributed by atoms with E-state index in [-0.39, 0.29) is 12.2 Å². The Kier molecular flexibility index (Phi) is 5.48. The number of nitrogens with one attached hydrogen (secondary N) is 1. The number of halogens is 1. The minimum absolute atomic E-state index is 0.144. The number of hydrogen-bond donors (Lipinski definition) is 2. The highest BCUT2D eigenvalue weighted by Crippen LogP contribution is 2.33. The van der Waals surface area contributed by atoms with Crippen molar-refractivity contribution in [1.82, 2.24) is 4.98 Å². The molecule has 3 aromatic rings. The van der Waals surface area contributed by atoms with Crippen molar-refractivity contribution >= 4 is 28.1 Å². The number of aromatic nitrogens is 1. The number of ether oxygens (including phenoxy) is 1. The third-order valence-corrected chi connectivity index (χ3v) is 4.51. The summed E-state index contributed by atoms with van der Waals surface area (Å²) in [6.45, 7) is 2.52. The zero-order valence-electron chi connectivity index (χ0n) is 14.0. The first kappa shape index (κ1) is 17.9. The van der Waals surface area contributed by atoms with Gasteiger partial charge in [0.2, 0.25) is 0 Å². The zero-order valence-corrected chi connectivity index (χ0v) is 14.8. The minimum atomic E-state index is -0.940. The van der Waals surface area contributed by atoms with Crippen molar-refractivity contribution < 1.29 is 19.0 Å². The van der Waals surface area contributed by atoms with Crippen molar-refractivity contribution in [2.24, 2.45) is 0 Å². The van der Waals surface area contributed by atoms with Crippen LogP contribution >= 0.6 is 11.3 Å². The molecule has 0 saturated heterocycles. The Morgan fingerprint density at radius 2 is 1.88 bits per heavy atom. The Morgan fingerprint density at radius 3 is 2.50 bits per heavy atom. The summed E-state index contributed by atoms with van der Waals surface area (Å²) in [5.74, 6) is -0.517. The maximum atomic E-state index is 13.2. The average molecular weight is 372 g/mol. The summed E-state index contributed by atoms with van der Waals surface area (Å²) in [5, 5.41) is 12.9. The number of anilines is 2. The molecule has 0 aliphatic heterocycles. The van der Waals surface area contributed by atoms with Crippen molar-refractivity contribution in [2.45, 2.75) is 13.3 Å². The fourth-order valence-corrected chi connectivity index (χ4v) is 3.42. The molecule has 26 heavy (non-hydrogen) atoms. The summed E-state index contributed by atoms with van der Waals surface area (Å²) in [4.78, 5) is 16.3. The molecule has 1 heterocycles. The van der Waals surface area contributed by atoms with Crippen LogP contribution in [0.4, 0.5) is 15.2 Å². The second kappa shape index (κ2) is 7.97. The molecule has 0 amide bonds. The molecule has 0 bridgehead atoms. The maximum absolute atomic E-state index is 13.2. The van der Waals surface area contributed by atoms with Gasteiger partial charge in [0.1, 0.15) is 11.6 Å². The number of carboxylic acids is 1. The van der Waals surface area contributed by atoms with Crippen LogP contribution in [0.25, 0.3) is 11.3 Å². The van der Waals surface area contributed by atoms with Crippen LogP contribution in [0.1, 0.15) is 11.8 Å². The molecule has 3 rings (SSSR count). The van der Waals surface area contributed by atoms with E-state index in [2.05, 4.69) is 10.3 Å². The van der Waals surface area contributed by atoms with Gasteiger partial charge in [0, 0.05) is 16.1 Å². The van der Waals surface area contributed by atoms with E-state index in [1.165, 1.54) is 23.5 Å². The summed E-state index contributed by atoms with van der Waals surface area (Å²) in [6, 6.07) is 13.3. The number of hydrogen-bond acceptors (Lipinski definition) is 5. The Bertz CT molecular complexity index is 892. The molecule has 2 aromatic carbocycles. The molecule has 1 aromatic heterocycles. The third-order valence-electron chi connectivity index (χ3n) is 3.54. The highest BCUT2D eigenvalue weighted by Gasteiger charge is 2.16. The van der Waals surface area contributed by atoms with E-state index in [9.17, 15) is 9.18 Å². The molecule has 0 aliphatic carbocycles. The van der Waals surface area contributed by atoms with E-state index in [0.717, 1.165) is 11.4 Å². The van der Waals surface area contributed by atoms with Gasteiger partial charge in [-0.3, -0.25) is 4.79 Å². The molecule has 2 N–H and O–H groups in total. The zero-order chi connectivity index (χ0) is 18.5. The lowest BCUT2D eigenvalue weighted by atomic mass is 10.1. The third kappa shape index (κ3) is 4.37. The molecule has 0 atom stereocenters.